The van der Waals surface area contributed by atoms with E-state index in [4.69, 9.17) is 0 Å². The van der Waals surface area contributed by atoms with Gasteiger partial charge in [-0.3, -0.25) is 9.59 Å². The highest BCUT2D eigenvalue weighted by Gasteiger charge is 2.12. The van der Waals surface area contributed by atoms with Crippen LogP contribution in [0.3, 0.4) is 0 Å². The van der Waals surface area contributed by atoms with Gasteiger partial charge in [-0.05, 0) is 36.8 Å². The zero-order chi connectivity index (χ0) is 18.5. The SMILES string of the molecule is Cc1ccc(C(=O)CCC(=O)Nc2ncc(Cc3ccc(F)cc3)s2)s1. The Morgan fingerprint density at radius 3 is 2.54 bits per heavy atom. The van der Waals surface area contributed by atoms with E-state index in [1.807, 2.05) is 13.0 Å². The second kappa shape index (κ2) is 8.33. The van der Waals surface area contributed by atoms with Crippen LogP contribution in [0.2, 0.25) is 0 Å². The van der Waals surface area contributed by atoms with Crippen LogP contribution in [-0.4, -0.2) is 16.7 Å². The van der Waals surface area contributed by atoms with E-state index in [9.17, 15) is 14.0 Å². The van der Waals surface area contributed by atoms with Crippen molar-refractivity contribution in [3.05, 3.63) is 68.6 Å². The summed E-state index contributed by atoms with van der Waals surface area (Å²) in [4.78, 5) is 31.0. The molecule has 2 heterocycles. The summed E-state index contributed by atoms with van der Waals surface area (Å²) >= 11 is 2.82. The summed E-state index contributed by atoms with van der Waals surface area (Å²) in [5, 5.41) is 3.23. The minimum Gasteiger partial charge on any atom is -0.302 e. The molecule has 134 valence electrons. The predicted octanol–water partition coefficient (Wildman–Crippen LogP) is 4.84. The van der Waals surface area contributed by atoms with Crippen LogP contribution in [0.1, 0.15) is 37.8 Å². The van der Waals surface area contributed by atoms with Gasteiger partial charge in [0.2, 0.25) is 5.91 Å². The number of anilines is 1. The number of nitrogens with one attached hydrogen (secondary N) is 1. The molecule has 0 aliphatic carbocycles. The van der Waals surface area contributed by atoms with Gasteiger partial charge in [-0.25, -0.2) is 9.37 Å². The van der Waals surface area contributed by atoms with Gasteiger partial charge in [0.1, 0.15) is 5.82 Å². The molecule has 2 aromatic heterocycles. The van der Waals surface area contributed by atoms with E-state index in [-0.39, 0.29) is 30.3 Å². The van der Waals surface area contributed by atoms with Crippen LogP contribution in [0, 0.1) is 12.7 Å². The van der Waals surface area contributed by atoms with Crippen LogP contribution in [-0.2, 0) is 11.2 Å². The number of carbonyl (C=O) groups excluding carboxylic acids is 2. The molecule has 0 spiro atoms. The number of thiophene rings is 1. The van der Waals surface area contributed by atoms with Crippen LogP contribution in [0.15, 0.2) is 42.6 Å². The fraction of sp³-hybridized carbons (Fsp3) is 0.211. The molecule has 1 amide bonds. The first-order valence-electron chi connectivity index (χ1n) is 8.08. The van der Waals surface area contributed by atoms with E-state index in [2.05, 4.69) is 10.3 Å². The molecule has 0 unspecified atom stereocenters. The number of benzene rings is 1. The van der Waals surface area contributed by atoms with Gasteiger partial charge < -0.3 is 5.32 Å². The Hall–Kier alpha value is -2.38. The molecular formula is C19H17FN2O2S2. The number of amides is 1. The molecule has 7 heteroatoms. The lowest BCUT2D eigenvalue weighted by Gasteiger charge is -2.01. The van der Waals surface area contributed by atoms with Crippen molar-refractivity contribution in [3.8, 4) is 0 Å². The zero-order valence-electron chi connectivity index (χ0n) is 14.1. The van der Waals surface area contributed by atoms with Crippen molar-refractivity contribution < 1.29 is 14.0 Å². The van der Waals surface area contributed by atoms with E-state index in [0.717, 1.165) is 15.3 Å². The summed E-state index contributed by atoms with van der Waals surface area (Å²) in [7, 11) is 0. The summed E-state index contributed by atoms with van der Waals surface area (Å²) in [5.74, 6) is -0.512. The summed E-state index contributed by atoms with van der Waals surface area (Å²) in [6, 6.07) is 9.99. The molecule has 0 bridgehead atoms. The minimum absolute atomic E-state index is 0.0191. The smallest absolute Gasteiger partial charge is 0.226 e. The number of ketones is 1. The normalized spacial score (nSPS) is 10.7. The third-order valence-electron chi connectivity index (χ3n) is 3.69. The van der Waals surface area contributed by atoms with E-state index in [1.165, 1.54) is 34.8 Å². The molecule has 4 nitrogen and oxygen atoms in total. The Morgan fingerprint density at radius 1 is 1.08 bits per heavy atom. The highest BCUT2D eigenvalue weighted by Crippen LogP contribution is 2.22. The van der Waals surface area contributed by atoms with Crippen LogP contribution in [0.4, 0.5) is 9.52 Å². The number of carbonyl (C=O) groups is 2. The van der Waals surface area contributed by atoms with Crippen molar-refractivity contribution in [1.82, 2.24) is 4.98 Å². The summed E-state index contributed by atoms with van der Waals surface area (Å²) in [6.07, 6.45) is 2.63. The van der Waals surface area contributed by atoms with Crippen molar-refractivity contribution in [1.29, 1.82) is 0 Å². The van der Waals surface area contributed by atoms with Crippen molar-refractivity contribution >= 4 is 39.5 Å². The van der Waals surface area contributed by atoms with E-state index in [0.29, 0.717) is 16.4 Å². The zero-order valence-corrected chi connectivity index (χ0v) is 15.8. The molecule has 1 N–H and O–H groups in total. The van der Waals surface area contributed by atoms with E-state index in [1.54, 1.807) is 24.4 Å². The Kier molecular flexibility index (Phi) is 5.90. The second-order valence-corrected chi connectivity index (χ2v) is 8.22. The van der Waals surface area contributed by atoms with Crippen molar-refractivity contribution in [2.24, 2.45) is 0 Å². The molecule has 3 aromatic rings. The Bertz CT molecular complexity index is 916. The first-order valence-corrected chi connectivity index (χ1v) is 9.71. The molecule has 1 aromatic carbocycles. The number of aryl methyl sites for hydroxylation is 1. The topological polar surface area (TPSA) is 59.1 Å². The second-order valence-electron chi connectivity index (χ2n) is 5.82. The number of hydrogen-bond donors (Lipinski definition) is 1. The van der Waals surface area contributed by atoms with E-state index >= 15 is 0 Å². The molecule has 0 atom stereocenters. The minimum atomic E-state index is -0.265. The number of Topliss-reactive ketones (excluding diaryl/α,β-unsaturated/α-hetero) is 1. The number of thiazole rings is 1. The summed E-state index contributed by atoms with van der Waals surface area (Å²) in [5.41, 5.74) is 0.977. The van der Waals surface area contributed by atoms with Crippen LogP contribution in [0.5, 0.6) is 0 Å². The van der Waals surface area contributed by atoms with Gasteiger partial charge in [0, 0.05) is 35.2 Å². The van der Waals surface area contributed by atoms with Crippen molar-refractivity contribution in [2.45, 2.75) is 26.2 Å². The standard InChI is InChI=1S/C19H17FN2O2S2/c1-12-2-8-17(25-12)16(23)7-9-18(24)22-19-21-11-15(26-19)10-13-3-5-14(20)6-4-13/h2-6,8,11H,7,9-10H2,1H3,(H,21,22,24). The predicted molar refractivity (Wildman–Crippen MR) is 103 cm³/mol. The van der Waals surface area contributed by atoms with Gasteiger partial charge in [-0.2, -0.15) is 0 Å². The van der Waals surface area contributed by atoms with Gasteiger partial charge in [0.15, 0.2) is 10.9 Å². The fourth-order valence-electron chi connectivity index (χ4n) is 2.37. The maximum Gasteiger partial charge on any atom is 0.226 e. The quantitative estimate of drug-likeness (QED) is 0.589. The average Bonchev–Trinajstić information content (AvgIpc) is 3.24. The number of hydrogen-bond acceptors (Lipinski definition) is 5. The highest BCUT2D eigenvalue weighted by molar-refractivity contribution is 7.15. The molecule has 26 heavy (non-hydrogen) atoms. The Balaban J connectivity index is 1.49. The Labute approximate surface area is 158 Å². The monoisotopic (exact) mass is 388 g/mol. The third-order valence-corrected chi connectivity index (χ3v) is 5.64. The third kappa shape index (κ3) is 5.06. The lowest BCUT2D eigenvalue weighted by atomic mass is 10.1. The molecule has 0 saturated heterocycles. The highest BCUT2D eigenvalue weighted by atomic mass is 32.1. The molecule has 0 fully saturated rings. The van der Waals surface area contributed by atoms with Gasteiger partial charge in [-0.15, -0.1) is 22.7 Å². The number of nitrogens with zero attached hydrogens (tertiary/aromatic N) is 1. The molecule has 0 aliphatic heterocycles. The van der Waals surface area contributed by atoms with Gasteiger partial charge in [-0.1, -0.05) is 12.1 Å². The number of halogens is 1. The lowest BCUT2D eigenvalue weighted by Crippen LogP contribution is -2.12. The lowest BCUT2D eigenvalue weighted by molar-refractivity contribution is -0.116. The van der Waals surface area contributed by atoms with Gasteiger partial charge in [0.25, 0.3) is 0 Å². The first kappa shape index (κ1) is 18.4. The molecule has 0 radical (unpaired) electrons. The summed E-state index contributed by atoms with van der Waals surface area (Å²) < 4.78 is 12.9. The molecule has 0 aliphatic rings. The van der Waals surface area contributed by atoms with Gasteiger partial charge >= 0.3 is 0 Å². The molecule has 3 rings (SSSR count). The summed E-state index contributed by atoms with van der Waals surface area (Å²) in [6.45, 7) is 1.94. The van der Waals surface area contributed by atoms with Gasteiger partial charge in [0.05, 0.1) is 4.88 Å². The van der Waals surface area contributed by atoms with Crippen molar-refractivity contribution in [3.63, 3.8) is 0 Å². The average molecular weight is 388 g/mol. The van der Waals surface area contributed by atoms with E-state index < -0.39 is 0 Å². The number of aromatic nitrogens is 1. The van der Waals surface area contributed by atoms with Crippen LogP contribution < -0.4 is 5.32 Å². The molecule has 0 saturated carbocycles. The van der Waals surface area contributed by atoms with Crippen LogP contribution in [0.25, 0.3) is 0 Å². The first-order chi connectivity index (χ1) is 12.5. The van der Waals surface area contributed by atoms with Crippen LogP contribution >= 0.6 is 22.7 Å². The maximum absolute atomic E-state index is 12.9. The maximum atomic E-state index is 12.9. The fourth-order valence-corrected chi connectivity index (χ4v) is 4.06. The largest absolute Gasteiger partial charge is 0.302 e. The molecular weight excluding hydrogens is 371 g/mol. The Morgan fingerprint density at radius 2 is 1.85 bits per heavy atom. The number of rotatable bonds is 7. The van der Waals surface area contributed by atoms with Crippen molar-refractivity contribution in [2.75, 3.05) is 5.32 Å².